The molecule has 0 saturated heterocycles. The van der Waals surface area contributed by atoms with Gasteiger partial charge in [0.15, 0.2) is 5.78 Å². The Morgan fingerprint density at radius 2 is 1.94 bits per heavy atom. The van der Waals surface area contributed by atoms with Gasteiger partial charge in [0.25, 0.3) is 11.5 Å². The second kappa shape index (κ2) is 10.7. The van der Waals surface area contributed by atoms with Gasteiger partial charge in [-0.3, -0.25) is 14.4 Å². The molecule has 3 rings (SSSR count). The molecule has 1 aromatic carbocycles. The van der Waals surface area contributed by atoms with E-state index in [1.165, 1.54) is 17.7 Å². The fourth-order valence-electron chi connectivity index (χ4n) is 4.38. The number of benzene rings is 1. The lowest BCUT2D eigenvalue weighted by Gasteiger charge is -2.20. The molecule has 1 unspecified atom stereocenters. The lowest BCUT2D eigenvalue weighted by atomic mass is 9.85. The molecule has 1 saturated carbocycles. The number of hydrogen-bond donors (Lipinski definition) is 1. The van der Waals surface area contributed by atoms with Crippen molar-refractivity contribution in [1.82, 2.24) is 9.88 Å². The predicted octanol–water partition coefficient (Wildman–Crippen LogP) is 3.77. The van der Waals surface area contributed by atoms with Gasteiger partial charge < -0.3 is 14.6 Å². The van der Waals surface area contributed by atoms with Gasteiger partial charge in [-0.05, 0) is 48.6 Å². The Morgan fingerprint density at radius 3 is 2.59 bits per heavy atom. The van der Waals surface area contributed by atoms with Crippen LogP contribution < -0.4 is 10.9 Å². The molecular formula is C26H34N2O4. The molecule has 1 aromatic heterocycles. The van der Waals surface area contributed by atoms with Gasteiger partial charge in [0.2, 0.25) is 0 Å². The molecule has 1 amide bonds. The van der Waals surface area contributed by atoms with Crippen LogP contribution in [0.5, 0.6) is 0 Å². The lowest BCUT2D eigenvalue weighted by molar-refractivity contribution is 0.0940. The molecule has 0 radical (unpaired) electrons. The van der Waals surface area contributed by atoms with Gasteiger partial charge in [-0.1, -0.05) is 44.2 Å². The van der Waals surface area contributed by atoms with Crippen LogP contribution in [-0.2, 0) is 11.3 Å². The van der Waals surface area contributed by atoms with Crippen molar-refractivity contribution in [2.24, 2.45) is 23.7 Å². The van der Waals surface area contributed by atoms with Crippen molar-refractivity contribution < 1.29 is 14.3 Å². The fraction of sp³-hybridized carbons (Fsp3) is 0.500. The van der Waals surface area contributed by atoms with E-state index in [1.54, 1.807) is 6.20 Å². The summed E-state index contributed by atoms with van der Waals surface area (Å²) in [6.45, 7) is 8.16. The van der Waals surface area contributed by atoms with Crippen molar-refractivity contribution in [1.29, 1.82) is 0 Å². The molecule has 1 fully saturated rings. The van der Waals surface area contributed by atoms with Gasteiger partial charge in [-0.15, -0.1) is 0 Å². The minimum Gasteiger partial charge on any atom is -0.381 e. The summed E-state index contributed by atoms with van der Waals surface area (Å²) < 4.78 is 7.01. The van der Waals surface area contributed by atoms with E-state index >= 15 is 0 Å². The molecule has 0 aliphatic heterocycles. The second-order valence-electron chi connectivity index (χ2n) is 8.92. The highest BCUT2D eigenvalue weighted by Crippen LogP contribution is 2.47. The molecule has 0 spiro atoms. The summed E-state index contributed by atoms with van der Waals surface area (Å²) in [4.78, 5) is 38.4. The number of nitrogens with one attached hydrogen (secondary N) is 1. The first-order valence-corrected chi connectivity index (χ1v) is 11.5. The van der Waals surface area contributed by atoms with E-state index < -0.39 is 11.5 Å². The van der Waals surface area contributed by atoms with Crippen molar-refractivity contribution in [3.63, 3.8) is 0 Å². The van der Waals surface area contributed by atoms with E-state index in [2.05, 4.69) is 19.2 Å². The van der Waals surface area contributed by atoms with Crippen LogP contribution in [0, 0.1) is 23.7 Å². The molecule has 2 aromatic rings. The summed E-state index contributed by atoms with van der Waals surface area (Å²) in [5, 5.41) is 2.51. The molecule has 1 aliphatic rings. The van der Waals surface area contributed by atoms with Crippen LogP contribution in [0.15, 0.2) is 47.4 Å². The number of carbonyl (C=O) groups is 2. The summed E-state index contributed by atoms with van der Waals surface area (Å²) in [5.74, 6) is 1.28. The Morgan fingerprint density at radius 1 is 1.22 bits per heavy atom. The topological polar surface area (TPSA) is 77.4 Å². The third kappa shape index (κ3) is 5.74. The normalized spacial score (nSPS) is 19.2. The summed E-state index contributed by atoms with van der Waals surface area (Å²) >= 11 is 0. The predicted molar refractivity (Wildman–Crippen MR) is 125 cm³/mol. The van der Waals surface area contributed by atoms with Gasteiger partial charge in [0, 0.05) is 38.4 Å². The SMILES string of the molecule is CCOC[C@H]1C[C@@H]1C(C)[C@H](C)CC(=O)c1cc(C(=O)NC)c(=O)n(Cc2ccccc2)c1. The maximum atomic E-state index is 13.2. The Bertz CT molecular complexity index is 999. The van der Waals surface area contributed by atoms with Gasteiger partial charge >= 0.3 is 0 Å². The number of pyridine rings is 1. The lowest BCUT2D eigenvalue weighted by Crippen LogP contribution is -2.32. The number of amides is 1. The zero-order valence-electron chi connectivity index (χ0n) is 19.5. The van der Waals surface area contributed by atoms with Gasteiger partial charge in [0.1, 0.15) is 5.56 Å². The fourth-order valence-corrected chi connectivity index (χ4v) is 4.38. The minimum absolute atomic E-state index is 0.00560. The van der Waals surface area contributed by atoms with E-state index in [-0.39, 0.29) is 17.3 Å². The summed E-state index contributed by atoms with van der Waals surface area (Å²) in [6, 6.07) is 11.0. The standard InChI is InChI=1S/C26H34N2O4/c1-5-32-16-21-13-22(21)18(3)17(2)11-24(29)20-12-23(25(30)27-4)26(31)28(15-20)14-19-9-7-6-8-10-19/h6-10,12,15,17-18,21-22H,5,11,13-14,16H2,1-4H3,(H,27,30)/t17-,18?,21-,22-/m1/s1. The average molecular weight is 439 g/mol. The molecular weight excluding hydrogens is 404 g/mol. The largest absolute Gasteiger partial charge is 0.381 e. The van der Waals surface area contributed by atoms with Crippen molar-refractivity contribution in [3.05, 3.63) is 69.6 Å². The van der Waals surface area contributed by atoms with Crippen LogP contribution in [0.2, 0.25) is 0 Å². The third-order valence-corrected chi connectivity index (χ3v) is 6.67. The number of hydrogen-bond acceptors (Lipinski definition) is 4. The molecule has 6 nitrogen and oxygen atoms in total. The van der Waals surface area contributed by atoms with Crippen LogP contribution in [0.25, 0.3) is 0 Å². The number of ether oxygens (including phenoxy) is 1. The van der Waals surface area contributed by atoms with Crippen LogP contribution in [0.4, 0.5) is 0 Å². The van der Waals surface area contributed by atoms with Crippen molar-refractivity contribution >= 4 is 11.7 Å². The molecule has 0 bridgehead atoms. The van der Waals surface area contributed by atoms with E-state index in [0.717, 1.165) is 25.2 Å². The molecule has 1 N–H and O–H groups in total. The van der Waals surface area contributed by atoms with E-state index in [1.807, 2.05) is 37.3 Å². The molecule has 4 atom stereocenters. The Balaban J connectivity index is 1.78. The van der Waals surface area contributed by atoms with Crippen molar-refractivity contribution in [2.75, 3.05) is 20.3 Å². The zero-order chi connectivity index (χ0) is 23.3. The first-order valence-electron chi connectivity index (χ1n) is 11.5. The average Bonchev–Trinajstić information content (AvgIpc) is 3.58. The van der Waals surface area contributed by atoms with Crippen molar-refractivity contribution in [2.45, 2.75) is 40.2 Å². The summed E-state index contributed by atoms with van der Waals surface area (Å²) in [6.07, 6.45) is 3.13. The highest BCUT2D eigenvalue weighted by atomic mass is 16.5. The third-order valence-electron chi connectivity index (χ3n) is 6.67. The van der Waals surface area contributed by atoms with Crippen molar-refractivity contribution in [3.8, 4) is 0 Å². The molecule has 1 aliphatic carbocycles. The minimum atomic E-state index is -0.482. The van der Waals surface area contributed by atoms with Gasteiger partial charge in [-0.2, -0.15) is 0 Å². The second-order valence-corrected chi connectivity index (χ2v) is 8.92. The summed E-state index contributed by atoms with van der Waals surface area (Å²) in [5.41, 5.74) is 0.926. The number of carbonyl (C=O) groups excluding carboxylic acids is 2. The number of Topliss-reactive ketones (excluding diaryl/α,β-unsaturated/α-hetero) is 1. The van der Waals surface area contributed by atoms with Crippen LogP contribution in [-0.4, -0.2) is 36.5 Å². The number of aromatic nitrogens is 1. The van der Waals surface area contributed by atoms with Crippen LogP contribution in [0.3, 0.4) is 0 Å². The summed E-state index contributed by atoms with van der Waals surface area (Å²) in [7, 11) is 1.48. The highest BCUT2D eigenvalue weighted by Gasteiger charge is 2.42. The van der Waals surface area contributed by atoms with E-state index in [9.17, 15) is 14.4 Å². The molecule has 172 valence electrons. The quantitative estimate of drug-likeness (QED) is 0.542. The van der Waals surface area contributed by atoms with Crippen LogP contribution >= 0.6 is 0 Å². The maximum absolute atomic E-state index is 13.2. The van der Waals surface area contributed by atoms with Gasteiger partial charge in [0.05, 0.1) is 6.54 Å². The first-order chi connectivity index (χ1) is 15.3. The Hall–Kier alpha value is -2.73. The maximum Gasteiger partial charge on any atom is 0.263 e. The highest BCUT2D eigenvalue weighted by molar-refractivity contribution is 6.00. The number of nitrogens with zero attached hydrogens (tertiary/aromatic N) is 1. The van der Waals surface area contributed by atoms with E-state index in [0.29, 0.717) is 36.3 Å². The van der Waals surface area contributed by atoms with Gasteiger partial charge in [-0.25, -0.2) is 0 Å². The smallest absolute Gasteiger partial charge is 0.263 e. The number of ketones is 1. The Kier molecular flexibility index (Phi) is 8.02. The number of rotatable bonds is 11. The molecule has 32 heavy (non-hydrogen) atoms. The monoisotopic (exact) mass is 438 g/mol. The van der Waals surface area contributed by atoms with Crippen LogP contribution in [0.1, 0.15) is 59.9 Å². The Labute approximate surface area is 190 Å². The molecule has 6 heteroatoms. The first kappa shape index (κ1) is 23.9. The van der Waals surface area contributed by atoms with E-state index in [4.69, 9.17) is 4.74 Å². The molecule has 1 heterocycles. The zero-order valence-corrected chi connectivity index (χ0v) is 19.5.